The molecule has 2 aromatic rings. The number of carbonyl (C=O) groups is 1. The van der Waals surface area contributed by atoms with Crippen LogP contribution in [0, 0.1) is 19.7 Å². The zero-order valence-corrected chi connectivity index (χ0v) is 12.7. The number of benzene rings is 2. The summed E-state index contributed by atoms with van der Waals surface area (Å²) >= 11 is 3.38. The van der Waals surface area contributed by atoms with Crippen molar-refractivity contribution in [3.63, 3.8) is 0 Å². The quantitative estimate of drug-likeness (QED) is 0.813. The summed E-state index contributed by atoms with van der Waals surface area (Å²) in [4.78, 5) is 12.1. The van der Waals surface area contributed by atoms with Gasteiger partial charge in [0.2, 0.25) is 0 Å². The van der Waals surface area contributed by atoms with Crippen LogP contribution < -0.4 is 11.1 Å². The van der Waals surface area contributed by atoms with Crippen molar-refractivity contribution >= 4 is 33.2 Å². The zero-order chi connectivity index (χ0) is 14.9. The highest BCUT2D eigenvalue weighted by molar-refractivity contribution is 9.10. The number of nitrogens with one attached hydrogen (secondary N) is 1. The molecule has 0 saturated heterocycles. The Kier molecular flexibility index (Phi) is 4.09. The van der Waals surface area contributed by atoms with Crippen LogP contribution in [0.25, 0.3) is 0 Å². The molecule has 0 radical (unpaired) electrons. The van der Waals surface area contributed by atoms with E-state index in [1.165, 1.54) is 12.1 Å². The minimum atomic E-state index is -0.553. The Bertz CT molecular complexity index is 686. The molecule has 5 heteroatoms. The van der Waals surface area contributed by atoms with Crippen LogP contribution in [-0.4, -0.2) is 5.91 Å². The summed E-state index contributed by atoms with van der Waals surface area (Å²) in [5.74, 6) is -1.07. The van der Waals surface area contributed by atoms with Gasteiger partial charge in [-0.3, -0.25) is 4.79 Å². The van der Waals surface area contributed by atoms with Gasteiger partial charge in [0.15, 0.2) is 0 Å². The Labute approximate surface area is 125 Å². The van der Waals surface area contributed by atoms with Crippen LogP contribution in [0.15, 0.2) is 34.8 Å². The number of carbonyl (C=O) groups excluding carboxylic acids is 1. The largest absolute Gasteiger partial charge is 0.399 e. The Morgan fingerprint density at radius 3 is 2.55 bits per heavy atom. The van der Waals surface area contributed by atoms with E-state index in [-0.39, 0.29) is 5.56 Å². The Morgan fingerprint density at radius 1 is 1.20 bits per heavy atom. The van der Waals surface area contributed by atoms with E-state index >= 15 is 0 Å². The number of aryl methyl sites for hydroxylation is 2. The number of amides is 1. The SMILES string of the molecule is Cc1ccc(NC(=O)c2cc(N)cc(C)c2F)cc1Br. The van der Waals surface area contributed by atoms with Crippen LogP contribution in [0.4, 0.5) is 15.8 Å². The summed E-state index contributed by atoms with van der Waals surface area (Å²) in [6.45, 7) is 3.52. The summed E-state index contributed by atoms with van der Waals surface area (Å²) in [7, 11) is 0. The Hall–Kier alpha value is -1.88. The van der Waals surface area contributed by atoms with Gasteiger partial charge in [-0.15, -0.1) is 0 Å². The molecule has 0 aliphatic rings. The van der Waals surface area contributed by atoms with Gasteiger partial charge < -0.3 is 11.1 Å². The van der Waals surface area contributed by atoms with E-state index < -0.39 is 11.7 Å². The van der Waals surface area contributed by atoms with Crippen LogP contribution in [-0.2, 0) is 0 Å². The lowest BCUT2D eigenvalue weighted by Gasteiger charge is -2.09. The molecule has 1 amide bonds. The first-order chi connectivity index (χ1) is 9.38. The topological polar surface area (TPSA) is 55.1 Å². The van der Waals surface area contributed by atoms with Crippen LogP contribution >= 0.6 is 15.9 Å². The first-order valence-corrected chi connectivity index (χ1v) is 6.81. The fourth-order valence-electron chi connectivity index (χ4n) is 1.83. The highest BCUT2D eigenvalue weighted by atomic mass is 79.9. The molecule has 0 aromatic heterocycles. The van der Waals surface area contributed by atoms with Crippen molar-refractivity contribution in [2.75, 3.05) is 11.1 Å². The summed E-state index contributed by atoms with van der Waals surface area (Å²) in [6.07, 6.45) is 0. The number of rotatable bonds is 2. The maximum atomic E-state index is 14.0. The average molecular weight is 337 g/mol. The summed E-state index contributed by atoms with van der Waals surface area (Å²) in [5.41, 5.74) is 7.94. The normalized spacial score (nSPS) is 10.4. The molecule has 0 bridgehead atoms. The van der Waals surface area contributed by atoms with Crippen molar-refractivity contribution < 1.29 is 9.18 Å². The molecule has 0 aliphatic carbocycles. The van der Waals surface area contributed by atoms with Crippen molar-refractivity contribution in [3.05, 3.63) is 57.3 Å². The Morgan fingerprint density at radius 2 is 1.90 bits per heavy atom. The van der Waals surface area contributed by atoms with Crippen molar-refractivity contribution in [1.29, 1.82) is 0 Å². The molecule has 0 fully saturated rings. The average Bonchev–Trinajstić information content (AvgIpc) is 2.38. The molecule has 0 heterocycles. The second-order valence-corrected chi connectivity index (χ2v) is 5.47. The van der Waals surface area contributed by atoms with E-state index in [1.54, 1.807) is 19.1 Å². The van der Waals surface area contributed by atoms with E-state index in [0.717, 1.165) is 10.0 Å². The number of nitrogens with two attached hydrogens (primary N) is 1. The Balaban J connectivity index is 2.30. The third kappa shape index (κ3) is 2.99. The lowest BCUT2D eigenvalue weighted by molar-refractivity contribution is 0.102. The molecule has 2 rings (SSSR count). The molecule has 104 valence electrons. The summed E-state index contributed by atoms with van der Waals surface area (Å²) < 4.78 is 14.8. The summed E-state index contributed by atoms with van der Waals surface area (Å²) in [5, 5.41) is 2.66. The second kappa shape index (κ2) is 5.63. The molecular formula is C15H14BrFN2O. The summed E-state index contributed by atoms with van der Waals surface area (Å²) in [6, 6.07) is 8.22. The van der Waals surface area contributed by atoms with Crippen molar-refractivity contribution in [2.24, 2.45) is 0 Å². The van der Waals surface area contributed by atoms with E-state index in [0.29, 0.717) is 16.9 Å². The molecule has 2 aromatic carbocycles. The van der Waals surface area contributed by atoms with Gasteiger partial charge in [0.05, 0.1) is 5.56 Å². The van der Waals surface area contributed by atoms with Gasteiger partial charge in [0.25, 0.3) is 5.91 Å². The molecule has 0 atom stereocenters. The maximum Gasteiger partial charge on any atom is 0.258 e. The fourth-order valence-corrected chi connectivity index (χ4v) is 2.21. The number of halogens is 2. The lowest BCUT2D eigenvalue weighted by atomic mass is 10.1. The number of nitrogen functional groups attached to an aromatic ring is 1. The van der Waals surface area contributed by atoms with Crippen LogP contribution in [0.5, 0.6) is 0 Å². The van der Waals surface area contributed by atoms with Crippen molar-refractivity contribution in [3.8, 4) is 0 Å². The molecule has 20 heavy (non-hydrogen) atoms. The first-order valence-electron chi connectivity index (χ1n) is 6.01. The smallest absolute Gasteiger partial charge is 0.258 e. The van der Waals surface area contributed by atoms with E-state index in [2.05, 4.69) is 21.2 Å². The predicted octanol–water partition coefficient (Wildman–Crippen LogP) is 4.04. The minimum absolute atomic E-state index is 0.0563. The number of hydrogen-bond donors (Lipinski definition) is 2. The lowest BCUT2D eigenvalue weighted by Crippen LogP contribution is -2.15. The predicted molar refractivity (Wildman–Crippen MR) is 82.4 cm³/mol. The first kappa shape index (κ1) is 14.5. The molecule has 0 spiro atoms. The highest BCUT2D eigenvalue weighted by Gasteiger charge is 2.15. The third-order valence-corrected chi connectivity index (χ3v) is 3.81. The molecule has 0 aliphatic heterocycles. The number of hydrogen-bond acceptors (Lipinski definition) is 2. The van der Waals surface area contributed by atoms with Gasteiger partial charge in [-0.05, 0) is 49.2 Å². The zero-order valence-electron chi connectivity index (χ0n) is 11.1. The molecule has 3 N–H and O–H groups in total. The molecular weight excluding hydrogens is 323 g/mol. The molecule has 0 unspecified atom stereocenters. The van der Waals surface area contributed by atoms with E-state index in [9.17, 15) is 9.18 Å². The molecule has 3 nitrogen and oxygen atoms in total. The van der Waals surface area contributed by atoms with Crippen molar-refractivity contribution in [1.82, 2.24) is 0 Å². The van der Waals surface area contributed by atoms with Crippen LogP contribution in [0.3, 0.4) is 0 Å². The van der Waals surface area contributed by atoms with Crippen molar-refractivity contribution in [2.45, 2.75) is 13.8 Å². The van der Waals surface area contributed by atoms with Crippen LogP contribution in [0.2, 0.25) is 0 Å². The van der Waals surface area contributed by atoms with Gasteiger partial charge in [0, 0.05) is 15.8 Å². The van der Waals surface area contributed by atoms with E-state index in [4.69, 9.17) is 5.73 Å². The van der Waals surface area contributed by atoms with Gasteiger partial charge in [0.1, 0.15) is 5.82 Å². The maximum absolute atomic E-state index is 14.0. The monoisotopic (exact) mass is 336 g/mol. The minimum Gasteiger partial charge on any atom is -0.399 e. The van der Waals surface area contributed by atoms with Crippen LogP contribution in [0.1, 0.15) is 21.5 Å². The second-order valence-electron chi connectivity index (χ2n) is 4.62. The van der Waals surface area contributed by atoms with E-state index in [1.807, 2.05) is 13.0 Å². The highest BCUT2D eigenvalue weighted by Crippen LogP contribution is 2.22. The van der Waals surface area contributed by atoms with Gasteiger partial charge in [-0.2, -0.15) is 0 Å². The van der Waals surface area contributed by atoms with Gasteiger partial charge in [-0.1, -0.05) is 22.0 Å². The standard InChI is InChI=1S/C15H14BrFN2O/c1-8-3-4-11(7-13(8)16)19-15(20)12-6-10(18)5-9(2)14(12)17/h3-7H,18H2,1-2H3,(H,19,20). The van der Waals surface area contributed by atoms with Gasteiger partial charge >= 0.3 is 0 Å². The fraction of sp³-hybridized carbons (Fsp3) is 0.133. The molecule has 0 saturated carbocycles. The van der Waals surface area contributed by atoms with Gasteiger partial charge in [-0.25, -0.2) is 4.39 Å². The number of anilines is 2. The third-order valence-electron chi connectivity index (χ3n) is 2.95.